The largest absolute Gasteiger partial charge is 0.445 e. The molecular formula is C20H20F3N4S+. The van der Waals surface area contributed by atoms with Gasteiger partial charge in [-0.15, -0.1) is 10.2 Å². The van der Waals surface area contributed by atoms with E-state index in [2.05, 4.69) is 34.5 Å². The Hall–Kier alpha value is -2.45. The van der Waals surface area contributed by atoms with E-state index in [0.717, 1.165) is 13.1 Å². The summed E-state index contributed by atoms with van der Waals surface area (Å²) in [6.07, 6.45) is -4.44. The summed E-state index contributed by atoms with van der Waals surface area (Å²) in [5, 5.41) is 6.53. The van der Waals surface area contributed by atoms with Gasteiger partial charge in [0, 0.05) is 11.1 Å². The minimum atomic E-state index is -4.44. The maximum Gasteiger partial charge on any atom is 0.445 e. The summed E-state index contributed by atoms with van der Waals surface area (Å²) in [5.41, 5.74) is 2.49. The summed E-state index contributed by atoms with van der Waals surface area (Å²) >= 11 is 0.618. The number of rotatable bonds is 4. The van der Waals surface area contributed by atoms with Gasteiger partial charge in [-0.25, -0.2) is 0 Å². The van der Waals surface area contributed by atoms with E-state index in [1.165, 1.54) is 16.0 Å². The van der Waals surface area contributed by atoms with Crippen LogP contribution in [0.5, 0.6) is 0 Å². The van der Waals surface area contributed by atoms with Crippen LogP contribution >= 0.6 is 11.3 Å². The molecule has 0 spiro atoms. The Balaban J connectivity index is 1.51. The molecule has 4 nitrogen and oxygen atoms in total. The highest BCUT2D eigenvalue weighted by molar-refractivity contribution is 7.15. The molecular weight excluding hydrogens is 385 g/mol. The first-order chi connectivity index (χ1) is 13.5. The van der Waals surface area contributed by atoms with Crippen LogP contribution in [0, 0.1) is 0 Å². The SMILES string of the molecule is FC(F)(F)c1nnc(N2CC[NH+](C(c3ccccc3)c3ccccc3)CC2)s1. The average Bonchev–Trinajstić information content (AvgIpc) is 3.21. The fourth-order valence-electron chi connectivity index (χ4n) is 3.69. The minimum Gasteiger partial charge on any atom is -0.335 e. The Bertz CT molecular complexity index is 851. The van der Waals surface area contributed by atoms with Crippen molar-refractivity contribution in [1.82, 2.24) is 10.2 Å². The van der Waals surface area contributed by atoms with Crippen LogP contribution in [-0.4, -0.2) is 36.4 Å². The van der Waals surface area contributed by atoms with E-state index < -0.39 is 11.2 Å². The lowest BCUT2D eigenvalue weighted by Crippen LogP contribution is -3.15. The van der Waals surface area contributed by atoms with Gasteiger partial charge in [-0.3, -0.25) is 0 Å². The zero-order valence-electron chi connectivity index (χ0n) is 15.1. The molecule has 2 aromatic carbocycles. The Morgan fingerprint density at radius 3 is 1.86 bits per heavy atom. The molecule has 0 saturated carbocycles. The maximum absolute atomic E-state index is 12.8. The Kier molecular flexibility index (Phi) is 5.32. The van der Waals surface area contributed by atoms with Gasteiger partial charge in [0.15, 0.2) is 0 Å². The molecule has 4 rings (SSSR count). The quantitative estimate of drug-likeness (QED) is 0.725. The second-order valence-corrected chi connectivity index (χ2v) is 7.74. The van der Waals surface area contributed by atoms with Crippen LogP contribution in [0.2, 0.25) is 0 Å². The molecule has 146 valence electrons. The summed E-state index contributed by atoms with van der Waals surface area (Å²) in [5.74, 6) is 0. The van der Waals surface area contributed by atoms with Crippen molar-refractivity contribution in [3.63, 3.8) is 0 Å². The second-order valence-electron chi connectivity index (χ2n) is 6.79. The third kappa shape index (κ3) is 4.02. The van der Waals surface area contributed by atoms with Crippen molar-refractivity contribution in [3.8, 4) is 0 Å². The van der Waals surface area contributed by atoms with Crippen LogP contribution in [-0.2, 0) is 6.18 Å². The molecule has 0 radical (unpaired) electrons. The molecule has 1 saturated heterocycles. The van der Waals surface area contributed by atoms with Crippen molar-refractivity contribution in [2.75, 3.05) is 31.1 Å². The lowest BCUT2D eigenvalue weighted by Gasteiger charge is -2.36. The number of alkyl halides is 3. The van der Waals surface area contributed by atoms with Crippen LogP contribution in [0.3, 0.4) is 0 Å². The Morgan fingerprint density at radius 2 is 1.39 bits per heavy atom. The summed E-state index contributed by atoms with van der Waals surface area (Å²) in [6, 6.07) is 20.9. The fourth-order valence-corrected chi connectivity index (χ4v) is 4.45. The zero-order chi connectivity index (χ0) is 19.6. The van der Waals surface area contributed by atoms with E-state index in [4.69, 9.17) is 0 Å². The molecule has 0 unspecified atom stereocenters. The van der Waals surface area contributed by atoms with Crippen LogP contribution in [0.1, 0.15) is 22.2 Å². The highest BCUT2D eigenvalue weighted by Crippen LogP contribution is 2.34. The molecule has 1 aliphatic rings. The minimum absolute atomic E-state index is 0.199. The fraction of sp³-hybridized carbons (Fsp3) is 0.300. The Labute approximate surface area is 165 Å². The number of hydrogen-bond acceptors (Lipinski definition) is 4. The van der Waals surface area contributed by atoms with Crippen LogP contribution < -0.4 is 9.80 Å². The molecule has 3 aromatic rings. The summed E-state index contributed by atoms with van der Waals surface area (Å²) in [7, 11) is 0. The average molecular weight is 405 g/mol. The molecule has 0 aliphatic carbocycles. The van der Waals surface area contributed by atoms with E-state index in [9.17, 15) is 13.2 Å². The normalized spacial score (nSPS) is 15.9. The van der Waals surface area contributed by atoms with Gasteiger partial charge in [0.2, 0.25) is 10.1 Å². The van der Waals surface area contributed by atoms with Crippen LogP contribution in [0.15, 0.2) is 60.7 Å². The number of aromatic nitrogens is 2. The van der Waals surface area contributed by atoms with Crippen molar-refractivity contribution < 1.29 is 18.1 Å². The van der Waals surface area contributed by atoms with Gasteiger partial charge in [-0.05, 0) is 0 Å². The maximum atomic E-state index is 12.8. The molecule has 1 aromatic heterocycles. The third-order valence-electron chi connectivity index (χ3n) is 5.01. The smallest absolute Gasteiger partial charge is 0.335 e. The van der Waals surface area contributed by atoms with Gasteiger partial charge in [-0.1, -0.05) is 72.0 Å². The standard InChI is InChI=1S/C20H19F3N4S/c21-20(22,23)18-24-25-19(28-18)27-13-11-26(12-14-27)17(15-7-3-1-4-8-15)16-9-5-2-6-10-16/h1-10,17H,11-14H2/p+1. The molecule has 0 amide bonds. The molecule has 1 N–H and O–H groups in total. The van der Waals surface area contributed by atoms with Gasteiger partial charge < -0.3 is 9.80 Å². The number of halogens is 3. The summed E-state index contributed by atoms with van der Waals surface area (Å²) in [6.45, 7) is 2.93. The van der Waals surface area contributed by atoms with Crippen LogP contribution in [0.4, 0.5) is 18.3 Å². The topological polar surface area (TPSA) is 33.5 Å². The van der Waals surface area contributed by atoms with E-state index in [-0.39, 0.29) is 6.04 Å². The number of hydrogen-bond donors (Lipinski definition) is 1. The van der Waals surface area contributed by atoms with E-state index in [1.807, 2.05) is 41.3 Å². The zero-order valence-corrected chi connectivity index (χ0v) is 15.9. The highest BCUT2D eigenvalue weighted by Gasteiger charge is 2.37. The number of nitrogens with zero attached hydrogens (tertiary/aromatic N) is 3. The predicted octanol–water partition coefficient (Wildman–Crippen LogP) is 3.05. The first-order valence-corrected chi connectivity index (χ1v) is 9.94. The lowest BCUT2D eigenvalue weighted by atomic mass is 9.96. The highest BCUT2D eigenvalue weighted by atomic mass is 32.1. The number of quaternary nitrogens is 1. The first kappa shape index (κ1) is 18.9. The number of anilines is 1. The van der Waals surface area contributed by atoms with Crippen molar-refractivity contribution in [1.29, 1.82) is 0 Å². The predicted molar refractivity (Wildman–Crippen MR) is 103 cm³/mol. The van der Waals surface area contributed by atoms with Gasteiger partial charge in [0.05, 0.1) is 26.2 Å². The molecule has 2 heterocycles. The number of benzene rings is 2. The van der Waals surface area contributed by atoms with E-state index >= 15 is 0 Å². The molecule has 0 atom stereocenters. The first-order valence-electron chi connectivity index (χ1n) is 9.12. The van der Waals surface area contributed by atoms with Crippen molar-refractivity contribution in [3.05, 3.63) is 76.8 Å². The second kappa shape index (κ2) is 7.89. The van der Waals surface area contributed by atoms with Crippen molar-refractivity contribution >= 4 is 16.5 Å². The Morgan fingerprint density at radius 1 is 0.857 bits per heavy atom. The summed E-state index contributed by atoms with van der Waals surface area (Å²) < 4.78 is 38.4. The van der Waals surface area contributed by atoms with E-state index in [1.54, 1.807) is 0 Å². The van der Waals surface area contributed by atoms with Gasteiger partial charge in [0.1, 0.15) is 6.04 Å². The summed E-state index contributed by atoms with van der Waals surface area (Å²) in [4.78, 5) is 3.30. The van der Waals surface area contributed by atoms with E-state index in [0.29, 0.717) is 29.6 Å². The van der Waals surface area contributed by atoms with Gasteiger partial charge >= 0.3 is 6.18 Å². The molecule has 1 fully saturated rings. The van der Waals surface area contributed by atoms with Gasteiger partial charge in [-0.2, -0.15) is 13.2 Å². The van der Waals surface area contributed by atoms with Crippen molar-refractivity contribution in [2.24, 2.45) is 0 Å². The van der Waals surface area contributed by atoms with Crippen molar-refractivity contribution in [2.45, 2.75) is 12.2 Å². The monoisotopic (exact) mass is 405 g/mol. The molecule has 0 bridgehead atoms. The van der Waals surface area contributed by atoms with Gasteiger partial charge in [0.25, 0.3) is 0 Å². The lowest BCUT2D eigenvalue weighted by molar-refractivity contribution is -0.926. The third-order valence-corrected chi connectivity index (χ3v) is 6.04. The number of nitrogens with one attached hydrogen (secondary N) is 1. The number of piperazine rings is 1. The molecule has 8 heteroatoms. The molecule has 1 aliphatic heterocycles. The van der Waals surface area contributed by atoms with Crippen LogP contribution in [0.25, 0.3) is 0 Å². The molecule has 28 heavy (non-hydrogen) atoms.